The molecule has 3 N–H and O–H groups in total. The molecule has 4 rings (SSSR count). The number of rotatable bonds is 9. The first kappa shape index (κ1) is 24.5. The number of hydrogen-bond acceptors (Lipinski definition) is 7. The number of nitrogen functional groups attached to an aromatic ring is 1. The molecule has 0 atom stereocenters. The molecule has 0 saturated heterocycles. The number of carbonyl (C=O) groups excluding carboxylic acids is 2. The Morgan fingerprint density at radius 2 is 1.86 bits per heavy atom. The average molecular weight is 486 g/mol. The van der Waals surface area contributed by atoms with Crippen LogP contribution in [0.2, 0.25) is 0 Å². The number of ether oxygens (including phenoxy) is 1. The third kappa shape index (κ3) is 5.38. The van der Waals surface area contributed by atoms with Gasteiger partial charge in [0.05, 0.1) is 19.1 Å². The van der Waals surface area contributed by atoms with Gasteiger partial charge in [-0.2, -0.15) is 0 Å². The molecule has 4 aromatic rings. The van der Waals surface area contributed by atoms with Crippen LogP contribution in [0.25, 0.3) is 11.2 Å². The van der Waals surface area contributed by atoms with Gasteiger partial charge < -0.3 is 15.0 Å². The zero-order valence-corrected chi connectivity index (χ0v) is 20.1. The second-order valence-electron chi connectivity index (χ2n) is 8.24. The maximum Gasteiger partial charge on any atom is 0.307 e. The lowest BCUT2D eigenvalue weighted by Crippen LogP contribution is -2.34. The molecule has 0 spiro atoms. The predicted molar refractivity (Wildman–Crippen MR) is 136 cm³/mol. The second kappa shape index (κ2) is 10.8. The van der Waals surface area contributed by atoms with Gasteiger partial charge >= 0.3 is 5.97 Å². The summed E-state index contributed by atoms with van der Waals surface area (Å²) in [5.41, 5.74) is 8.95. The van der Waals surface area contributed by atoms with Crippen molar-refractivity contribution in [2.45, 2.75) is 19.3 Å². The molecule has 0 saturated carbocycles. The summed E-state index contributed by atoms with van der Waals surface area (Å²) in [6, 6.07) is 14.5. The van der Waals surface area contributed by atoms with Crippen molar-refractivity contribution in [1.29, 1.82) is 5.41 Å². The molecule has 0 aliphatic heterocycles. The van der Waals surface area contributed by atoms with Gasteiger partial charge in [0.2, 0.25) is 0 Å². The summed E-state index contributed by atoms with van der Waals surface area (Å²) in [7, 11) is 3.21. The summed E-state index contributed by atoms with van der Waals surface area (Å²) >= 11 is 0. The van der Waals surface area contributed by atoms with Crippen LogP contribution >= 0.6 is 0 Å². The number of aromatic nitrogens is 4. The van der Waals surface area contributed by atoms with Crippen LogP contribution < -0.4 is 10.6 Å². The lowest BCUT2D eigenvalue weighted by Gasteiger charge is -2.21. The standard InChI is InChI=1S/C26H27N7O3/c1-32-22(11-8-17-6-9-18(10-7-17)24(27)28)31-20-15-19(16-30-25(20)32)26(35)33(14-12-23(34)36-2)21-5-3-4-13-29-21/h3-7,9-10,13,15-16H,8,11-12,14H2,1-2H3,(H3,27,28). The van der Waals surface area contributed by atoms with E-state index in [0.29, 0.717) is 34.5 Å². The van der Waals surface area contributed by atoms with Crippen LogP contribution in [-0.2, 0) is 29.4 Å². The summed E-state index contributed by atoms with van der Waals surface area (Å²) in [6.45, 7) is 0.121. The Hall–Kier alpha value is -4.60. The SMILES string of the molecule is COC(=O)CCN(C(=O)c1cnc2c(c1)nc(CCc1ccc(C(=N)N)cc1)n2C)c1ccccn1. The van der Waals surface area contributed by atoms with Crippen LogP contribution in [0.4, 0.5) is 5.82 Å². The van der Waals surface area contributed by atoms with Crippen molar-refractivity contribution in [3.8, 4) is 0 Å². The number of carbonyl (C=O) groups is 2. The van der Waals surface area contributed by atoms with Crippen LogP contribution in [0.1, 0.15) is 33.7 Å². The number of imidazole rings is 1. The highest BCUT2D eigenvalue weighted by Gasteiger charge is 2.22. The van der Waals surface area contributed by atoms with Crippen LogP contribution in [0.5, 0.6) is 0 Å². The van der Waals surface area contributed by atoms with Gasteiger partial charge in [-0.3, -0.25) is 19.9 Å². The van der Waals surface area contributed by atoms with Gasteiger partial charge in [-0.15, -0.1) is 0 Å². The number of fused-ring (bicyclic) bond motifs is 1. The first-order chi connectivity index (χ1) is 17.4. The van der Waals surface area contributed by atoms with Gasteiger partial charge in [-0.1, -0.05) is 30.3 Å². The molecule has 3 heterocycles. The maximum absolute atomic E-state index is 13.4. The Kier molecular flexibility index (Phi) is 7.33. The molecular formula is C26H27N7O3. The fourth-order valence-corrected chi connectivity index (χ4v) is 3.87. The van der Waals surface area contributed by atoms with Crippen molar-refractivity contribution in [1.82, 2.24) is 19.5 Å². The number of benzene rings is 1. The summed E-state index contributed by atoms with van der Waals surface area (Å²) in [5, 5.41) is 7.51. The van der Waals surface area contributed by atoms with E-state index in [1.807, 2.05) is 35.9 Å². The molecule has 3 aromatic heterocycles. The molecule has 0 radical (unpaired) electrons. The Morgan fingerprint density at radius 3 is 2.53 bits per heavy atom. The molecule has 1 amide bonds. The number of hydrogen-bond donors (Lipinski definition) is 2. The van der Waals surface area contributed by atoms with Crippen LogP contribution in [-0.4, -0.2) is 50.9 Å². The number of nitrogens with one attached hydrogen (secondary N) is 1. The van der Waals surface area contributed by atoms with E-state index >= 15 is 0 Å². The summed E-state index contributed by atoms with van der Waals surface area (Å²) in [4.78, 5) is 40.0. The predicted octanol–water partition coefficient (Wildman–Crippen LogP) is 2.64. The smallest absolute Gasteiger partial charge is 0.307 e. The van der Waals surface area contributed by atoms with Gasteiger partial charge in [-0.05, 0) is 30.2 Å². The molecule has 10 nitrogen and oxygen atoms in total. The van der Waals surface area contributed by atoms with E-state index in [4.69, 9.17) is 20.9 Å². The molecule has 0 aliphatic rings. The minimum absolute atomic E-state index is 0.0373. The number of amidine groups is 1. The minimum Gasteiger partial charge on any atom is -0.469 e. The zero-order valence-electron chi connectivity index (χ0n) is 20.1. The summed E-state index contributed by atoms with van der Waals surface area (Å²) in [5.74, 6) is 0.571. The van der Waals surface area contributed by atoms with Crippen molar-refractivity contribution in [3.63, 3.8) is 0 Å². The van der Waals surface area contributed by atoms with E-state index in [2.05, 4.69) is 9.97 Å². The lowest BCUT2D eigenvalue weighted by molar-refractivity contribution is -0.140. The normalized spacial score (nSPS) is 10.8. The van der Waals surface area contributed by atoms with E-state index in [-0.39, 0.29) is 24.7 Å². The topological polar surface area (TPSA) is 140 Å². The molecule has 10 heteroatoms. The van der Waals surface area contributed by atoms with Crippen molar-refractivity contribution >= 4 is 34.7 Å². The van der Waals surface area contributed by atoms with Crippen LogP contribution in [0.15, 0.2) is 60.9 Å². The number of nitrogens with zero attached hydrogens (tertiary/aromatic N) is 5. The highest BCUT2D eigenvalue weighted by molar-refractivity contribution is 6.06. The number of aryl methyl sites for hydroxylation is 3. The Morgan fingerprint density at radius 1 is 1.08 bits per heavy atom. The summed E-state index contributed by atoms with van der Waals surface area (Å²) < 4.78 is 6.65. The highest BCUT2D eigenvalue weighted by atomic mass is 16.5. The fourth-order valence-electron chi connectivity index (χ4n) is 3.87. The maximum atomic E-state index is 13.4. The number of esters is 1. The summed E-state index contributed by atoms with van der Waals surface area (Å²) in [6.07, 6.45) is 4.57. The number of amides is 1. The first-order valence-electron chi connectivity index (χ1n) is 11.4. The van der Waals surface area contributed by atoms with E-state index in [0.717, 1.165) is 17.8 Å². The second-order valence-corrected chi connectivity index (χ2v) is 8.24. The number of methoxy groups -OCH3 is 1. The first-order valence-corrected chi connectivity index (χ1v) is 11.4. The van der Waals surface area contributed by atoms with Crippen LogP contribution in [0, 0.1) is 5.41 Å². The molecule has 184 valence electrons. The monoisotopic (exact) mass is 485 g/mol. The fraction of sp³-hybridized carbons (Fsp3) is 0.231. The lowest BCUT2D eigenvalue weighted by atomic mass is 10.1. The minimum atomic E-state index is -0.414. The average Bonchev–Trinajstić information content (AvgIpc) is 3.22. The number of nitrogens with two attached hydrogens (primary N) is 1. The van der Waals surface area contributed by atoms with Gasteiger partial charge in [0.1, 0.15) is 23.0 Å². The largest absolute Gasteiger partial charge is 0.469 e. The van der Waals surface area contributed by atoms with Crippen molar-refractivity contribution in [2.24, 2.45) is 12.8 Å². The molecule has 0 unspecified atom stereocenters. The zero-order chi connectivity index (χ0) is 25.7. The quantitative estimate of drug-likeness (QED) is 0.211. The highest BCUT2D eigenvalue weighted by Crippen LogP contribution is 2.20. The molecule has 0 aliphatic carbocycles. The number of pyridine rings is 2. The van der Waals surface area contributed by atoms with Crippen molar-refractivity contribution < 1.29 is 14.3 Å². The van der Waals surface area contributed by atoms with Gasteiger partial charge in [-0.25, -0.2) is 15.0 Å². The Bertz CT molecular complexity index is 1400. The van der Waals surface area contributed by atoms with E-state index in [9.17, 15) is 9.59 Å². The van der Waals surface area contributed by atoms with Crippen LogP contribution in [0.3, 0.4) is 0 Å². The van der Waals surface area contributed by atoms with Gasteiger partial charge in [0.15, 0.2) is 5.65 Å². The molecule has 1 aromatic carbocycles. The third-order valence-corrected chi connectivity index (χ3v) is 5.89. The van der Waals surface area contributed by atoms with E-state index in [1.54, 1.807) is 30.5 Å². The Balaban J connectivity index is 1.55. The Labute approximate surface area is 208 Å². The van der Waals surface area contributed by atoms with E-state index < -0.39 is 5.97 Å². The molecule has 0 fully saturated rings. The van der Waals surface area contributed by atoms with Crippen molar-refractivity contribution in [3.05, 3.63) is 83.4 Å². The molecular weight excluding hydrogens is 458 g/mol. The van der Waals surface area contributed by atoms with Gasteiger partial charge in [0, 0.05) is 38.0 Å². The number of anilines is 1. The van der Waals surface area contributed by atoms with Crippen molar-refractivity contribution in [2.75, 3.05) is 18.6 Å². The molecule has 0 bridgehead atoms. The third-order valence-electron chi connectivity index (χ3n) is 5.89. The van der Waals surface area contributed by atoms with Gasteiger partial charge in [0.25, 0.3) is 5.91 Å². The van der Waals surface area contributed by atoms with E-state index in [1.165, 1.54) is 18.2 Å². The molecule has 36 heavy (non-hydrogen) atoms.